The Morgan fingerprint density at radius 1 is 1.26 bits per heavy atom. The minimum absolute atomic E-state index is 0. The van der Waals surface area contributed by atoms with Gasteiger partial charge in [0.15, 0.2) is 6.10 Å². The Hall–Kier alpha value is -1.26. The molecule has 2 N–H and O–H groups in total. The Morgan fingerprint density at radius 2 is 1.87 bits per heavy atom. The third-order valence-electron chi connectivity index (χ3n) is 4.29. The molecular formula is C18H29ClN2O2. The highest BCUT2D eigenvalue weighted by Crippen LogP contribution is 2.28. The first kappa shape index (κ1) is 19.8. The first-order valence-electron chi connectivity index (χ1n) is 8.20. The molecule has 0 saturated carbocycles. The third kappa shape index (κ3) is 5.11. The average Bonchev–Trinajstić information content (AvgIpc) is 2.47. The van der Waals surface area contributed by atoms with Crippen LogP contribution in [0.25, 0.3) is 0 Å². The van der Waals surface area contributed by atoms with Crippen molar-refractivity contribution in [3.63, 3.8) is 0 Å². The lowest BCUT2D eigenvalue weighted by molar-refractivity contribution is -0.139. The number of nitrogens with zero attached hydrogens (tertiary/aromatic N) is 1. The molecule has 1 aromatic carbocycles. The number of ether oxygens (including phenoxy) is 1. The SMILES string of the molecule is Cc1ccc(C(C)C)c(OC(C)C(=O)N2CCC(N)CC2)c1.Cl. The number of likely N-dealkylation sites (tertiary alicyclic amines) is 1. The maximum Gasteiger partial charge on any atom is 0.263 e. The number of carbonyl (C=O) groups excluding carboxylic acids is 1. The van der Waals surface area contributed by atoms with Crippen LogP contribution in [-0.2, 0) is 4.79 Å². The summed E-state index contributed by atoms with van der Waals surface area (Å²) < 4.78 is 6.01. The van der Waals surface area contributed by atoms with E-state index in [1.54, 1.807) is 0 Å². The second kappa shape index (κ2) is 8.55. The fourth-order valence-corrected chi connectivity index (χ4v) is 2.84. The molecule has 1 unspecified atom stereocenters. The standard InChI is InChI=1S/C18H28N2O2.ClH/c1-12(2)16-6-5-13(3)11-17(16)22-14(4)18(21)20-9-7-15(19)8-10-20;/h5-6,11-12,14-15H,7-10,19H2,1-4H3;1H. The van der Waals surface area contributed by atoms with E-state index in [0.717, 1.165) is 42.8 Å². The third-order valence-corrected chi connectivity index (χ3v) is 4.29. The molecule has 0 radical (unpaired) electrons. The van der Waals surface area contributed by atoms with Crippen LogP contribution >= 0.6 is 12.4 Å². The topological polar surface area (TPSA) is 55.6 Å². The smallest absolute Gasteiger partial charge is 0.263 e. The van der Waals surface area contributed by atoms with Crippen molar-refractivity contribution in [2.24, 2.45) is 5.73 Å². The molecule has 5 heteroatoms. The van der Waals surface area contributed by atoms with Crippen LogP contribution in [0.5, 0.6) is 5.75 Å². The second-order valence-electron chi connectivity index (χ2n) is 6.62. The highest BCUT2D eigenvalue weighted by molar-refractivity contribution is 5.85. The lowest BCUT2D eigenvalue weighted by Gasteiger charge is -2.32. The van der Waals surface area contributed by atoms with Crippen molar-refractivity contribution >= 4 is 18.3 Å². The fourth-order valence-electron chi connectivity index (χ4n) is 2.84. The zero-order valence-corrected chi connectivity index (χ0v) is 15.4. The summed E-state index contributed by atoms with van der Waals surface area (Å²) in [5.41, 5.74) is 8.18. The molecule has 1 fully saturated rings. The maximum atomic E-state index is 12.5. The van der Waals surface area contributed by atoms with Crippen LogP contribution in [0.15, 0.2) is 18.2 Å². The number of piperidine rings is 1. The van der Waals surface area contributed by atoms with Gasteiger partial charge in [0, 0.05) is 19.1 Å². The molecule has 130 valence electrons. The van der Waals surface area contributed by atoms with E-state index in [1.165, 1.54) is 0 Å². The maximum absolute atomic E-state index is 12.5. The van der Waals surface area contributed by atoms with Gasteiger partial charge in [-0.05, 0) is 49.8 Å². The molecule has 0 bridgehead atoms. The van der Waals surface area contributed by atoms with Gasteiger partial charge < -0.3 is 15.4 Å². The number of rotatable bonds is 4. The Bertz CT molecular complexity index is 526. The second-order valence-corrected chi connectivity index (χ2v) is 6.62. The van der Waals surface area contributed by atoms with Crippen LogP contribution < -0.4 is 10.5 Å². The lowest BCUT2D eigenvalue weighted by atomic mass is 10.0. The zero-order valence-electron chi connectivity index (χ0n) is 14.5. The van der Waals surface area contributed by atoms with Crippen molar-refractivity contribution in [1.29, 1.82) is 0 Å². The number of benzene rings is 1. The summed E-state index contributed by atoms with van der Waals surface area (Å²) in [6.07, 6.45) is 1.29. The summed E-state index contributed by atoms with van der Waals surface area (Å²) in [6, 6.07) is 6.42. The van der Waals surface area contributed by atoms with Crippen molar-refractivity contribution in [2.75, 3.05) is 13.1 Å². The predicted octanol–water partition coefficient (Wildman–Crippen LogP) is 3.26. The molecule has 1 heterocycles. The van der Waals surface area contributed by atoms with Gasteiger partial charge >= 0.3 is 0 Å². The van der Waals surface area contributed by atoms with Gasteiger partial charge in [-0.3, -0.25) is 4.79 Å². The Morgan fingerprint density at radius 3 is 2.43 bits per heavy atom. The summed E-state index contributed by atoms with van der Waals surface area (Å²) in [5, 5.41) is 0. The van der Waals surface area contributed by atoms with Crippen molar-refractivity contribution in [1.82, 2.24) is 4.90 Å². The van der Waals surface area contributed by atoms with E-state index in [-0.39, 0.29) is 24.4 Å². The van der Waals surface area contributed by atoms with Crippen LogP contribution in [0.2, 0.25) is 0 Å². The minimum atomic E-state index is -0.464. The summed E-state index contributed by atoms with van der Waals surface area (Å²) in [6.45, 7) is 9.61. The molecule has 1 amide bonds. The molecule has 2 rings (SSSR count). The van der Waals surface area contributed by atoms with E-state index in [4.69, 9.17) is 10.5 Å². The number of nitrogens with two attached hydrogens (primary N) is 1. The van der Waals surface area contributed by atoms with E-state index in [1.807, 2.05) is 24.8 Å². The zero-order chi connectivity index (χ0) is 16.3. The van der Waals surface area contributed by atoms with Crippen molar-refractivity contribution in [3.8, 4) is 5.75 Å². The number of carbonyl (C=O) groups is 1. The normalized spacial score (nSPS) is 16.9. The van der Waals surface area contributed by atoms with Crippen LogP contribution in [0, 0.1) is 6.92 Å². The van der Waals surface area contributed by atoms with E-state index in [2.05, 4.69) is 26.0 Å². The van der Waals surface area contributed by atoms with Crippen LogP contribution in [0.1, 0.15) is 50.7 Å². The van der Waals surface area contributed by atoms with E-state index < -0.39 is 6.10 Å². The molecule has 4 nitrogen and oxygen atoms in total. The van der Waals surface area contributed by atoms with Gasteiger partial charge in [0.2, 0.25) is 0 Å². The van der Waals surface area contributed by atoms with Gasteiger partial charge in [0.1, 0.15) is 5.75 Å². The Balaban J connectivity index is 0.00000264. The van der Waals surface area contributed by atoms with Crippen molar-refractivity contribution < 1.29 is 9.53 Å². The quantitative estimate of drug-likeness (QED) is 0.915. The summed E-state index contributed by atoms with van der Waals surface area (Å²) in [4.78, 5) is 14.4. The molecule has 1 saturated heterocycles. The van der Waals surface area contributed by atoms with Crippen molar-refractivity contribution in [2.45, 2.75) is 58.6 Å². The van der Waals surface area contributed by atoms with E-state index >= 15 is 0 Å². The number of hydrogen-bond donors (Lipinski definition) is 1. The first-order valence-corrected chi connectivity index (χ1v) is 8.20. The summed E-state index contributed by atoms with van der Waals surface area (Å²) in [5.74, 6) is 1.25. The number of aryl methyl sites for hydroxylation is 1. The van der Waals surface area contributed by atoms with Gasteiger partial charge in [-0.15, -0.1) is 12.4 Å². The Labute approximate surface area is 145 Å². The van der Waals surface area contributed by atoms with Gasteiger partial charge in [-0.25, -0.2) is 0 Å². The first-order chi connectivity index (χ1) is 10.4. The molecule has 0 aromatic heterocycles. The summed E-state index contributed by atoms with van der Waals surface area (Å²) in [7, 11) is 0. The van der Waals surface area contributed by atoms with Crippen molar-refractivity contribution in [3.05, 3.63) is 29.3 Å². The van der Waals surface area contributed by atoms with Gasteiger partial charge in [-0.1, -0.05) is 26.0 Å². The van der Waals surface area contributed by atoms with E-state index in [9.17, 15) is 4.79 Å². The van der Waals surface area contributed by atoms with Crippen LogP contribution in [0.3, 0.4) is 0 Å². The Kier molecular flexibility index (Phi) is 7.36. The molecule has 1 aliphatic rings. The minimum Gasteiger partial charge on any atom is -0.481 e. The van der Waals surface area contributed by atoms with E-state index in [0.29, 0.717) is 5.92 Å². The van der Waals surface area contributed by atoms with Gasteiger partial charge in [-0.2, -0.15) is 0 Å². The monoisotopic (exact) mass is 340 g/mol. The summed E-state index contributed by atoms with van der Waals surface area (Å²) >= 11 is 0. The van der Waals surface area contributed by atoms with Crippen LogP contribution in [0.4, 0.5) is 0 Å². The molecule has 0 spiro atoms. The highest BCUT2D eigenvalue weighted by Gasteiger charge is 2.26. The number of halogens is 1. The lowest BCUT2D eigenvalue weighted by Crippen LogP contribution is -2.47. The molecular weight excluding hydrogens is 312 g/mol. The number of amides is 1. The molecule has 1 aliphatic heterocycles. The predicted molar refractivity (Wildman–Crippen MR) is 96.4 cm³/mol. The van der Waals surface area contributed by atoms with Gasteiger partial charge in [0.25, 0.3) is 5.91 Å². The molecule has 23 heavy (non-hydrogen) atoms. The molecule has 1 aromatic rings. The largest absolute Gasteiger partial charge is 0.481 e. The fraction of sp³-hybridized carbons (Fsp3) is 0.611. The number of hydrogen-bond acceptors (Lipinski definition) is 3. The molecule has 0 aliphatic carbocycles. The molecule has 1 atom stereocenters. The van der Waals surface area contributed by atoms with Gasteiger partial charge in [0.05, 0.1) is 0 Å². The highest BCUT2D eigenvalue weighted by atomic mass is 35.5. The van der Waals surface area contributed by atoms with Crippen LogP contribution in [-0.4, -0.2) is 36.0 Å². The average molecular weight is 341 g/mol.